The first-order valence-corrected chi connectivity index (χ1v) is 9.48. The van der Waals surface area contributed by atoms with E-state index in [1.807, 2.05) is 31.2 Å². The smallest absolute Gasteiger partial charge is 0.251 e. The zero-order chi connectivity index (χ0) is 18.3. The minimum absolute atomic E-state index is 0.0676. The monoisotopic (exact) mass is 362 g/mol. The average molecular weight is 362 g/mol. The number of amides is 1. The summed E-state index contributed by atoms with van der Waals surface area (Å²) in [6, 6.07) is 13.6. The van der Waals surface area contributed by atoms with Crippen LogP contribution in [0.5, 0.6) is 5.75 Å². The number of hydrogen-bond donors (Lipinski definition) is 2. The van der Waals surface area contributed by atoms with Crippen molar-refractivity contribution in [3.63, 3.8) is 0 Å². The molecule has 134 valence electrons. The van der Waals surface area contributed by atoms with Crippen molar-refractivity contribution >= 4 is 15.9 Å². The molecule has 0 aliphatic heterocycles. The Kier molecular flexibility index (Phi) is 6.55. The molecule has 0 bridgehead atoms. The Morgan fingerprint density at radius 1 is 1.12 bits per heavy atom. The largest absolute Gasteiger partial charge is 0.492 e. The summed E-state index contributed by atoms with van der Waals surface area (Å²) < 4.78 is 31.9. The van der Waals surface area contributed by atoms with E-state index in [-0.39, 0.29) is 22.9 Å². The van der Waals surface area contributed by atoms with E-state index >= 15 is 0 Å². The molecule has 2 aromatic carbocycles. The van der Waals surface area contributed by atoms with Crippen molar-refractivity contribution in [2.75, 3.05) is 19.7 Å². The minimum Gasteiger partial charge on any atom is -0.492 e. The fraction of sp³-hybridized carbons (Fsp3) is 0.278. The van der Waals surface area contributed by atoms with E-state index in [0.717, 1.165) is 11.3 Å². The van der Waals surface area contributed by atoms with Gasteiger partial charge >= 0.3 is 0 Å². The third kappa shape index (κ3) is 5.58. The van der Waals surface area contributed by atoms with Gasteiger partial charge in [-0.15, -0.1) is 0 Å². The summed E-state index contributed by atoms with van der Waals surface area (Å²) in [7, 11) is -3.59. The van der Waals surface area contributed by atoms with Crippen molar-refractivity contribution in [2.24, 2.45) is 0 Å². The summed E-state index contributed by atoms with van der Waals surface area (Å²) in [5.74, 6) is 0.398. The van der Waals surface area contributed by atoms with Gasteiger partial charge in [0.05, 0.1) is 11.4 Å². The van der Waals surface area contributed by atoms with Gasteiger partial charge in [0.2, 0.25) is 10.0 Å². The summed E-state index contributed by atoms with van der Waals surface area (Å²) in [5.41, 5.74) is 1.38. The summed E-state index contributed by atoms with van der Waals surface area (Å²) in [6.45, 7) is 4.60. The lowest BCUT2D eigenvalue weighted by Gasteiger charge is -2.09. The van der Waals surface area contributed by atoms with Crippen molar-refractivity contribution in [3.05, 3.63) is 59.7 Å². The van der Waals surface area contributed by atoms with Gasteiger partial charge in [0.1, 0.15) is 12.4 Å². The van der Waals surface area contributed by atoms with Crippen molar-refractivity contribution in [3.8, 4) is 5.75 Å². The van der Waals surface area contributed by atoms with E-state index in [1.165, 1.54) is 12.1 Å². The van der Waals surface area contributed by atoms with Crippen LogP contribution < -0.4 is 14.8 Å². The van der Waals surface area contributed by atoms with Crippen LogP contribution in [0, 0.1) is 6.92 Å². The highest BCUT2D eigenvalue weighted by atomic mass is 32.2. The van der Waals surface area contributed by atoms with Gasteiger partial charge in [-0.05, 0) is 42.8 Å². The molecule has 0 heterocycles. The fourth-order valence-electron chi connectivity index (χ4n) is 2.22. The van der Waals surface area contributed by atoms with Gasteiger partial charge in [-0.3, -0.25) is 4.79 Å². The highest BCUT2D eigenvalue weighted by Gasteiger charge is 2.15. The van der Waals surface area contributed by atoms with Crippen LogP contribution in [0.4, 0.5) is 0 Å². The van der Waals surface area contributed by atoms with Crippen LogP contribution >= 0.6 is 0 Å². The molecule has 2 rings (SSSR count). The van der Waals surface area contributed by atoms with Crippen LogP contribution in [0.3, 0.4) is 0 Å². The Labute approximate surface area is 148 Å². The van der Waals surface area contributed by atoms with Crippen molar-refractivity contribution < 1.29 is 17.9 Å². The molecule has 0 aliphatic carbocycles. The standard InChI is InChI=1S/C18H22N2O4S/c1-3-20-25(22,23)17-9-5-7-15(13-17)18(21)19-10-11-24-16-8-4-6-14(2)12-16/h4-9,12-13,20H,3,10-11H2,1-2H3,(H,19,21). The average Bonchev–Trinajstić information content (AvgIpc) is 2.59. The van der Waals surface area contributed by atoms with Gasteiger partial charge in [0.25, 0.3) is 5.91 Å². The zero-order valence-electron chi connectivity index (χ0n) is 14.3. The first-order chi connectivity index (χ1) is 11.9. The molecule has 0 atom stereocenters. The number of hydrogen-bond acceptors (Lipinski definition) is 4. The van der Waals surface area contributed by atoms with E-state index in [0.29, 0.717) is 13.2 Å². The van der Waals surface area contributed by atoms with Crippen LogP contribution in [0.25, 0.3) is 0 Å². The molecule has 2 N–H and O–H groups in total. The Hall–Kier alpha value is -2.38. The maximum absolute atomic E-state index is 12.2. The molecule has 0 saturated heterocycles. The summed E-state index contributed by atoms with van der Waals surface area (Å²) in [6.07, 6.45) is 0. The Bertz CT molecular complexity index is 834. The third-order valence-electron chi connectivity index (χ3n) is 3.39. The maximum atomic E-state index is 12.2. The normalized spacial score (nSPS) is 11.1. The lowest BCUT2D eigenvalue weighted by atomic mass is 10.2. The highest BCUT2D eigenvalue weighted by molar-refractivity contribution is 7.89. The van der Waals surface area contributed by atoms with Gasteiger partial charge in [-0.2, -0.15) is 0 Å². The van der Waals surface area contributed by atoms with Crippen molar-refractivity contribution in [1.82, 2.24) is 10.0 Å². The van der Waals surface area contributed by atoms with Crippen LogP contribution in [0.1, 0.15) is 22.8 Å². The second-order valence-electron chi connectivity index (χ2n) is 5.45. The van der Waals surface area contributed by atoms with Crippen molar-refractivity contribution in [1.29, 1.82) is 0 Å². The molecule has 6 nitrogen and oxygen atoms in total. The van der Waals surface area contributed by atoms with E-state index in [4.69, 9.17) is 4.74 Å². The number of benzene rings is 2. The molecule has 1 amide bonds. The van der Waals surface area contributed by atoms with Crippen LogP contribution in [-0.2, 0) is 10.0 Å². The van der Waals surface area contributed by atoms with Gasteiger partial charge in [-0.25, -0.2) is 13.1 Å². The van der Waals surface area contributed by atoms with E-state index in [9.17, 15) is 13.2 Å². The molecule has 0 fully saturated rings. The molecule has 0 spiro atoms. The van der Waals surface area contributed by atoms with Gasteiger partial charge in [-0.1, -0.05) is 25.1 Å². The molecule has 0 saturated carbocycles. The Balaban J connectivity index is 1.91. The lowest BCUT2D eigenvalue weighted by Crippen LogP contribution is -2.28. The molecule has 7 heteroatoms. The van der Waals surface area contributed by atoms with Crippen LogP contribution in [0.2, 0.25) is 0 Å². The number of sulfonamides is 1. The number of carbonyl (C=O) groups is 1. The number of carbonyl (C=O) groups excluding carboxylic acids is 1. The first-order valence-electron chi connectivity index (χ1n) is 8.00. The number of aryl methyl sites for hydroxylation is 1. The molecule has 0 unspecified atom stereocenters. The topological polar surface area (TPSA) is 84.5 Å². The van der Waals surface area contributed by atoms with Gasteiger partial charge < -0.3 is 10.1 Å². The van der Waals surface area contributed by atoms with Crippen LogP contribution in [-0.4, -0.2) is 34.0 Å². The van der Waals surface area contributed by atoms with E-state index in [1.54, 1.807) is 19.1 Å². The van der Waals surface area contributed by atoms with Crippen molar-refractivity contribution in [2.45, 2.75) is 18.7 Å². The number of ether oxygens (including phenoxy) is 1. The Morgan fingerprint density at radius 3 is 2.60 bits per heavy atom. The third-order valence-corrected chi connectivity index (χ3v) is 4.93. The number of nitrogens with one attached hydrogen (secondary N) is 2. The predicted octanol–water partition coefficient (Wildman–Crippen LogP) is 2.10. The van der Waals surface area contributed by atoms with Gasteiger partial charge in [0, 0.05) is 12.1 Å². The minimum atomic E-state index is -3.59. The predicted molar refractivity (Wildman–Crippen MR) is 96.3 cm³/mol. The molecule has 0 aromatic heterocycles. The zero-order valence-corrected chi connectivity index (χ0v) is 15.1. The van der Waals surface area contributed by atoms with Crippen LogP contribution in [0.15, 0.2) is 53.4 Å². The second-order valence-corrected chi connectivity index (χ2v) is 7.22. The second kappa shape index (κ2) is 8.64. The van der Waals surface area contributed by atoms with E-state index in [2.05, 4.69) is 10.0 Å². The summed E-state index contributed by atoms with van der Waals surface area (Å²) in [4.78, 5) is 12.2. The first kappa shape index (κ1) is 19.0. The molecular formula is C18H22N2O4S. The lowest BCUT2D eigenvalue weighted by molar-refractivity contribution is 0.0946. The quantitative estimate of drug-likeness (QED) is 0.705. The fourth-order valence-corrected chi connectivity index (χ4v) is 3.31. The molecular weight excluding hydrogens is 340 g/mol. The molecule has 2 aromatic rings. The summed E-state index contributed by atoms with van der Waals surface area (Å²) >= 11 is 0. The molecule has 25 heavy (non-hydrogen) atoms. The maximum Gasteiger partial charge on any atom is 0.251 e. The van der Waals surface area contributed by atoms with E-state index < -0.39 is 10.0 Å². The number of rotatable bonds is 8. The SMILES string of the molecule is CCNS(=O)(=O)c1cccc(C(=O)NCCOc2cccc(C)c2)c1. The Morgan fingerprint density at radius 2 is 1.88 bits per heavy atom. The molecule has 0 radical (unpaired) electrons. The molecule has 0 aliphatic rings. The van der Waals surface area contributed by atoms with Gasteiger partial charge in [0.15, 0.2) is 0 Å². The highest BCUT2D eigenvalue weighted by Crippen LogP contribution is 2.12. The summed E-state index contributed by atoms with van der Waals surface area (Å²) in [5, 5.41) is 2.72.